The van der Waals surface area contributed by atoms with Gasteiger partial charge in [-0.1, -0.05) is 47.4 Å². The zero-order valence-electron chi connectivity index (χ0n) is 13.7. The van der Waals surface area contributed by atoms with Gasteiger partial charge in [0.15, 0.2) is 6.19 Å². The van der Waals surface area contributed by atoms with Crippen molar-refractivity contribution in [2.24, 2.45) is 0 Å². The van der Waals surface area contributed by atoms with Crippen LogP contribution in [-0.2, 0) is 6.54 Å². The van der Waals surface area contributed by atoms with E-state index in [2.05, 4.69) is 29.1 Å². The van der Waals surface area contributed by atoms with E-state index in [1.54, 1.807) is 9.21 Å². The zero-order chi connectivity index (χ0) is 17.4. The van der Waals surface area contributed by atoms with Crippen LogP contribution < -0.4 is 4.72 Å². The van der Waals surface area contributed by atoms with E-state index in [0.717, 1.165) is 28.8 Å². The van der Waals surface area contributed by atoms with Crippen LogP contribution in [0.5, 0.6) is 0 Å². The van der Waals surface area contributed by atoms with E-state index in [-0.39, 0.29) is 6.04 Å². The minimum absolute atomic E-state index is 0.0503. The van der Waals surface area contributed by atoms with Crippen molar-refractivity contribution in [1.82, 2.24) is 9.21 Å². The normalized spacial score (nSPS) is 23.4. The fourth-order valence-electron chi connectivity index (χ4n) is 3.50. The highest BCUT2D eigenvalue weighted by molar-refractivity contribution is 8.23. The van der Waals surface area contributed by atoms with Crippen LogP contribution in [0.15, 0.2) is 48.5 Å². The van der Waals surface area contributed by atoms with Gasteiger partial charge >= 0.3 is 0 Å². The molecule has 0 aromatic heterocycles. The van der Waals surface area contributed by atoms with Crippen molar-refractivity contribution in [1.29, 1.82) is 5.26 Å². The highest BCUT2D eigenvalue weighted by atomic mass is 32.3. The molecule has 25 heavy (non-hydrogen) atoms. The van der Waals surface area contributed by atoms with E-state index in [9.17, 15) is 9.11 Å². The summed E-state index contributed by atoms with van der Waals surface area (Å²) < 4.78 is 25.7. The fourth-order valence-corrected chi connectivity index (χ4v) is 5.02. The molecule has 0 amide bonds. The third kappa shape index (κ3) is 3.05. The highest BCUT2D eigenvalue weighted by Gasteiger charge is 2.38. The Morgan fingerprint density at radius 1 is 1.12 bits per heavy atom. The Morgan fingerprint density at radius 2 is 1.92 bits per heavy atom. The molecular weight excluding hydrogens is 336 g/mol. The van der Waals surface area contributed by atoms with Gasteiger partial charge in [0.2, 0.25) is 0 Å². The summed E-state index contributed by atoms with van der Waals surface area (Å²) in [5.41, 5.74) is 4.02. The molecule has 0 saturated carbocycles. The van der Waals surface area contributed by atoms with E-state index in [1.165, 1.54) is 0 Å². The van der Waals surface area contributed by atoms with Crippen LogP contribution in [0.3, 0.4) is 0 Å². The number of likely N-dealkylation sites (tertiary alicyclic amines) is 1. The molecule has 1 saturated heterocycles. The maximum absolute atomic E-state index is 10.5. The first-order chi connectivity index (χ1) is 12.1. The van der Waals surface area contributed by atoms with Gasteiger partial charge in [0.1, 0.15) is 0 Å². The molecule has 2 aromatic rings. The van der Waals surface area contributed by atoms with E-state index < -0.39 is 11.0 Å². The molecule has 0 bridgehead atoms. The molecule has 1 unspecified atom stereocenters. The second kappa shape index (κ2) is 6.24. The molecule has 1 fully saturated rings. The standard InChI is InChI=1S/C18H20N4O2S/c19-13-21-9-8-17(12-21)22-11-16-10-15(14-4-2-1-3-5-14)6-7-18(16)20-25(22,23)24/h1-7,10,17,20,23-24H,8-9,11-12H2. The minimum atomic E-state index is -3.08. The smallest absolute Gasteiger partial charge is 0.179 e. The number of nitrogens with zero attached hydrogens (tertiary/aromatic N) is 3. The van der Waals surface area contributed by atoms with E-state index >= 15 is 0 Å². The average Bonchev–Trinajstić information content (AvgIpc) is 3.09. The van der Waals surface area contributed by atoms with Gasteiger partial charge in [-0.3, -0.25) is 13.8 Å². The lowest BCUT2D eigenvalue weighted by molar-refractivity contribution is 0.276. The van der Waals surface area contributed by atoms with Gasteiger partial charge in [-0.05, 0) is 35.2 Å². The fraction of sp³-hybridized carbons (Fsp3) is 0.278. The van der Waals surface area contributed by atoms with Crippen LogP contribution in [0.4, 0.5) is 5.69 Å². The Balaban J connectivity index is 1.64. The van der Waals surface area contributed by atoms with Gasteiger partial charge in [0.25, 0.3) is 0 Å². The van der Waals surface area contributed by atoms with Crippen molar-refractivity contribution in [3.8, 4) is 17.3 Å². The predicted molar refractivity (Wildman–Crippen MR) is 99.5 cm³/mol. The number of hydrogen-bond acceptors (Lipinski definition) is 6. The summed E-state index contributed by atoms with van der Waals surface area (Å²) in [5, 5.41) is 9.06. The summed E-state index contributed by atoms with van der Waals surface area (Å²) in [7, 11) is -3.08. The Morgan fingerprint density at radius 3 is 2.64 bits per heavy atom. The lowest BCUT2D eigenvalue weighted by Gasteiger charge is -2.49. The molecule has 1 atom stereocenters. The van der Waals surface area contributed by atoms with Crippen molar-refractivity contribution < 1.29 is 9.11 Å². The van der Waals surface area contributed by atoms with Crippen LogP contribution in [-0.4, -0.2) is 37.4 Å². The van der Waals surface area contributed by atoms with Crippen molar-refractivity contribution in [2.75, 3.05) is 17.8 Å². The summed E-state index contributed by atoms with van der Waals surface area (Å²) in [6.07, 6.45) is 2.89. The Bertz CT molecular complexity index is 822. The Labute approximate surface area is 148 Å². The molecule has 130 valence electrons. The topological polar surface area (TPSA) is 82.8 Å². The van der Waals surface area contributed by atoms with Crippen LogP contribution in [0, 0.1) is 11.5 Å². The number of nitriles is 1. The van der Waals surface area contributed by atoms with E-state index in [0.29, 0.717) is 19.6 Å². The molecule has 4 rings (SSSR count). The molecule has 2 heterocycles. The molecular formula is C18H20N4O2S. The summed E-state index contributed by atoms with van der Waals surface area (Å²) in [5.74, 6) is 0. The summed E-state index contributed by atoms with van der Waals surface area (Å²) in [6, 6.07) is 16.0. The first-order valence-corrected chi connectivity index (χ1v) is 9.73. The second-order valence-electron chi connectivity index (χ2n) is 6.42. The molecule has 7 heteroatoms. The second-order valence-corrected chi connectivity index (χ2v) is 8.13. The van der Waals surface area contributed by atoms with Gasteiger partial charge in [-0.25, -0.2) is 0 Å². The molecule has 2 aromatic carbocycles. The third-order valence-corrected chi connectivity index (χ3v) is 6.40. The van der Waals surface area contributed by atoms with Gasteiger partial charge < -0.3 is 4.90 Å². The summed E-state index contributed by atoms with van der Waals surface area (Å²) >= 11 is 0. The third-order valence-electron chi connectivity index (χ3n) is 4.82. The van der Waals surface area contributed by atoms with Crippen molar-refractivity contribution in [3.05, 3.63) is 54.1 Å². The lowest BCUT2D eigenvalue weighted by Crippen LogP contribution is -2.43. The molecule has 0 radical (unpaired) electrons. The predicted octanol–water partition coefficient (Wildman–Crippen LogP) is 3.72. The Hall–Kier alpha value is -2.24. The number of benzene rings is 2. The van der Waals surface area contributed by atoms with Gasteiger partial charge in [0, 0.05) is 19.6 Å². The maximum Gasteiger partial charge on any atom is 0.179 e. The molecule has 0 aliphatic carbocycles. The number of anilines is 1. The number of fused-ring (bicyclic) bond motifs is 1. The molecule has 2 aliphatic heterocycles. The van der Waals surface area contributed by atoms with Crippen LogP contribution in [0.1, 0.15) is 12.0 Å². The average molecular weight is 356 g/mol. The summed E-state index contributed by atoms with van der Waals surface area (Å²) in [6.45, 7) is 1.64. The van der Waals surface area contributed by atoms with Gasteiger partial charge in [0.05, 0.1) is 11.7 Å². The largest absolute Gasteiger partial charge is 0.309 e. The van der Waals surface area contributed by atoms with Crippen LogP contribution in [0.25, 0.3) is 11.1 Å². The monoisotopic (exact) mass is 356 g/mol. The molecule has 3 N–H and O–H groups in total. The SMILES string of the molecule is N#CN1CCC(N2Cc3cc(-c4ccccc4)ccc3NS2(O)O)C1. The van der Waals surface area contributed by atoms with Gasteiger partial charge in [-0.2, -0.15) is 9.57 Å². The van der Waals surface area contributed by atoms with Crippen LogP contribution >= 0.6 is 11.0 Å². The van der Waals surface area contributed by atoms with Crippen molar-refractivity contribution >= 4 is 16.6 Å². The highest BCUT2D eigenvalue weighted by Crippen LogP contribution is 2.51. The number of rotatable bonds is 2. The van der Waals surface area contributed by atoms with Crippen molar-refractivity contribution in [3.63, 3.8) is 0 Å². The first-order valence-electron chi connectivity index (χ1n) is 8.22. The van der Waals surface area contributed by atoms with Crippen LogP contribution in [0.2, 0.25) is 0 Å². The van der Waals surface area contributed by atoms with Crippen molar-refractivity contribution in [2.45, 2.75) is 19.0 Å². The summed E-state index contributed by atoms with van der Waals surface area (Å²) in [4.78, 5) is 1.66. The number of hydrogen-bond donors (Lipinski definition) is 3. The minimum Gasteiger partial charge on any atom is -0.309 e. The quantitative estimate of drug-likeness (QED) is 0.712. The number of nitrogens with one attached hydrogen (secondary N) is 1. The maximum atomic E-state index is 10.5. The lowest BCUT2D eigenvalue weighted by atomic mass is 10.0. The molecule has 6 nitrogen and oxygen atoms in total. The zero-order valence-corrected chi connectivity index (χ0v) is 14.5. The first kappa shape index (κ1) is 16.2. The van der Waals surface area contributed by atoms with Gasteiger partial charge in [-0.15, -0.1) is 0 Å². The molecule has 2 aliphatic rings. The van der Waals surface area contributed by atoms with E-state index in [4.69, 9.17) is 5.26 Å². The Kier molecular flexibility index (Phi) is 4.06. The van der Waals surface area contributed by atoms with E-state index in [1.807, 2.05) is 30.3 Å². The molecule has 0 spiro atoms.